The third-order valence-electron chi connectivity index (χ3n) is 4.30. The van der Waals surface area contributed by atoms with Gasteiger partial charge in [0, 0.05) is 18.8 Å². The van der Waals surface area contributed by atoms with Crippen molar-refractivity contribution in [3.63, 3.8) is 0 Å². The van der Waals surface area contributed by atoms with Crippen molar-refractivity contribution in [2.75, 3.05) is 25.1 Å². The molecule has 7 heteroatoms. The van der Waals surface area contributed by atoms with Gasteiger partial charge in [-0.05, 0) is 29.8 Å². The van der Waals surface area contributed by atoms with E-state index in [0.717, 1.165) is 17.1 Å². The van der Waals surface area contributed by atoms with Crippen molar-refractivity contribution in [2.45, 2.75) is 6.61 Å². The van der Waals surface area contributed by atoms with Crippen LogP contribution in [0.15, 0.2) is 84.1 Å². The molecule has 0 amide bonds. The summed E-state index contributed by atoms with van der Waals surface area (Å²) in [6.45, 7) is 1.38. The number of aromatic nitrogens is 1. The largest absolute Gasteiger partial charge is 0.492 e. The van der Waals surface area contributed by atoms with E-state index in [0.29, 0.717) is 18.7 Å². The normalized spacial score (nSPS) is 11.0. The zero-order valence-electron chi connectivity index (χ0n) is 16.6. The molecule has 3 rings (SSSR count). The summed E-state index contributed by atoms with van der Waals surface area (Å²) in [6, 6.07) is 21.8. The Kier molecular flexibility index (Phi) is 7.38. The number of carbonyl (C=O) groups is 1. The molecular formula is C23H23N3O4. The smallest absolute Gasteiger partial charge is 0.358 e. The fourth-order valence-electron chi connectivity index (χ4n) is 2.66. The second-order valence-electron chi connectivity index (χ2n) is 6.49. The third-order valence-corrected chi connectivity index (χ3v) is 4.30. The van der Waals surface area contributed by atoms with E-state index in [1.54, 1.807) is 30.5 Å². The topological polar surface area (TPSA) is 84.2 Å². The zero-order chi connectivity index (χ0) is 21.2. The van der Waals surface area contributed by atoms with Crippen LogP contribution in [0.4, 0.5) is 5.82 Å². The minimum absolute atomic E-state index is 0.132. The van der Waals surface area contributed by atoms with E-state index >= 15 is 0 Å². The maximum atomic E-state index is 11.4. The van der Waals surface area contributed by atoms with Crippen LogP contribution in [-0.4, -0.2) is 42.0 Å². The molecule has 0 spiro atoms. The number of hydrogen-bond acceptors (Lipinski definition) is 6. The molecule has 0 unspecified atom stereocenters. The van der Waals surface area contributed by atoms with Crippen LogP contribution in [0, 0.1) is 0 Å². The van der Waals surface area contributed by atoms with Crippen LogP contribution in [0.3, 0.4) is 0 Å². The molecule has 0 aliphatic heterocycles. The molecule has 0 atom stereocenters. The SMILES string of the molecule is CN(CCOc1ccc(CO/N=C(\C(=O)O)c2ccccc2)cc1)c1ccccn1. The van der Waals surface area contributed by atoms with E-state index in [2.05, 4.69) is 10.1 Å². The Bertz CT molecular complexity index is 961. The lowest BCUT2D eigenvalue weighted by Gasteiger charge is -2.18. The molecule has 30 heavy (non-hydrogen) atoms. The molecule has 0 radical (unpaired) electrons. The summed E-state index contributed by atoms with van der Waals surface area (Å²) in [5.41, 5.74) is 1.21. The van der Waals surface area contributed by atoms with Crippen LogP contribution in [0.25, 0.3) is 0 Å². The number of rotatable bonds is 10. The minimum Gasteiger partial charge on any atom is -0.492 e. The molecule has 0 saturated heterocycles. The Balaban J connectivity index is 1.48. The van der Waals surface area contributed by atoms with Gasteiger partial charge in [-0.15, -0.1) is 0 Å². The Labute approximate surface area is 175 Å². The Morgan fingerprint density at radius 3 is 2.43 bits per heavy atom. The highest BCUT2D eigenvalue weighted by molar-refractivity contribution is 6.42. The molecule has 0 bridgehead atoms. The molecular weight excluding hydrogens is 382 g/mol. The highest BCUT2D eigenvalue weighted by atomic mass is 16.6. The number of oxime groups is 1. The van der Waals surface area contributed by atoms with E-state index < -0.39 is 5.97 Å². The quantitative estimate of drug-likeness (QED) is 0.410. The van der Waals surface area contributed by atoms with Gasteiger partial charge in [-0.2, -0.15) is 0 Å². The lowest BCUT2D eigenvalue weighted by atomic mass is 10.1. The molecule has 0 saturated carbocycles. The average molecular weight is 405 g/mol. The maximum Gasteiger partial charge on any atom is 0.358 e. The summed E-state index contributed by atoms with van der Waals surface area (Å²) in [4.78, 5) is 23.0. The summed E-state index contributed by atoms with van der Waals surface area (Å²) >= 11 is 0. The van der Waals surface area contributed by atoms with Gasteiger partial charge in [0.15, 0.2) is 5.71 Å². The summed E-state index contributed by atoms with van der Waals surface area (Å²) in [5, 5.41) is 13.1. The van der Waals surface area contributed by atoms with Crippen LogP contribution in [-0.2, 0) is 16.2 Å². The van der Waals surface area contributed by atoms with E-state index in [1.807, 2.05) is 60.5 Å². The van der Waals surface area contributed by atoms with Crippen molar-refractivity contribution in [1.82, 2.24) is 4.98 Å². The summed E-state index contributed by atoms with van der Waals surface area (Å²) < 4.78 is 5.77. The molecule has 1 N–H and O–H groups in total. The molecule has 7 nitrogen and oxygen atoms in total. The fraction of sp³-hybridized carbons (Fsp3) is 0.174. The highest BCUT2D eigenvalue weighted by Gasteiger charge is 2.13. The second kappa shape index (κ2) is 10.6. The summed E-state index contributed by atoms with van der Waals surface area (Å²) in [7, 11) is 1.97. The van der Waals surface area contributed by atoms with Gasteiger partial charge in [0.1, 0.15) is 24.8 Å². The van der Waals surface area contributed by atoms with Crippen molar-refractivity contribution in [2.24, 2.45) is 5.16 Å². The van der Waals surface area contributed by atoms with Crippen molar-refractivity contribution in [3.05, 3.63) is 90.1 Å². The number of benzene rings is 2. The van der Waals surface area contributed by atoms with Gasteiger partial charge in [0.2, 0.25) is 0 Å². The number of ether oxygens (including phenoxy) is 1. The second-order valence-corrected chi connectivity index (χ2v) is 6.49. The minimum atomic E-state index is -1.14. The van der Waals surface area contributed by atoms with E-state index in [4.69, 9.17) is 9.57 Å². The number of pyridine rings is 1. The lowest BCUT2D eigenvalue weighted by Crippen LogP contribution is -2.24. The molecule has 0 aliphatic carbocycles. The highest BCUT2D eigenvalue weighted by Crippen LogP contribution is 2.14. The predicted octanol–water partition coefficient (Wildman–Crippen LogP) is 3.60. The number of anilines is 1. The molecule has 0 fully saturated rings. The number of aliphatic carboxylic acids is 1. The van der Waals surface area contributed by atoms with Gasteiger partial charge in [-0.3, -0.25) is 0 Å². The van der Waals surface area contributed by atoms with Crippen molar-refractivity contribution in [3.8, 4) is 5.75 Å². The number of carboxylic acids is 1. The summed E-state index contributed by atoms with van der Waals surface area (Å²) in [6.07, 6.45) is 1.76. The van der Waals surface area contributed by atoms with Crippen LogP contribution in [0.1, 0.15) is 11.1 Å². The number of hydrogen-bond donors (Lipinski definition) is 1. The Hall–Kier alpha value is -3.87. The van der Waals surface area contributed by atoms with Gasteiger partial charge >= 0.3 is 5.97 Å². The first kappa shape index (κ1) is 20.9. The first-order chi connectivity index (χ1) is 14.6. The van der Waals surface area contributed by atoms with Crippen LogP contribution in [0.2, 0.25) is 0 Å². The van der Waals surface area contributed by atoms with Crippen molar-refractivity contribution >= 4 is 17.5 Å². The number of carboxylic acid groups (broad SMARTS) is 1. The van der Waals surface area contributed by atoms with Gasteiger partial charge < -0.3 is 19.6 Å². The molecule has 0 aliphatic rings. The Morgan fingerprint density at radius 2 is 1.77 bits per heavy atom. The predicted molar refractivity (Wildman–Crippen MR) is 115 cm³/mol. The van der Waals surface area contributed by atoms with E-state index in [1.165, 1.54) is 0 Å². The van der Waals surface area contributed by atoms with Crippen LogP contribution < -0.4 is 9.64 Å². The van der Waals surface area contributed by atoms with Crippen molar-refractivity contribution in [1.29, 1.82) is 0 Å². The van der Waals surface area contributed by atoms with Crippen LogP contribution >= 0.6 is 0 Å². The average Bonchev–Trinajstić information content (AvgIpc) is 2.78. The van der Waals surface area contributed by atoms with Gasteiger partial charge in [0.25, 0.3) is 0 Å². The Morgan fingerprint density at radius 1 is 1.03 bits per heavy atom. The lowest BCUT2D eigenvalue weighted by molar-refractivity contribution is -0.129. The zero-order valence-corrected chi connectivity index (χ0v) is 16.6. The monoisotopic (exact) mass is 405 g/mol. The maximum absolute atomic E-state index is 11.4. The first-order valence-corrected chi connectivity index (χ1v) is 9.46. The molecule has 3 aromatic rings. The number of nitrogens with zero attached hydrogens (tertiary/aromatic N) is 3. The fourth-order valence-corrected chi connectivity index (χ4v) is 2.66. The third kappa shape index (κ3) is 6.07. The van der Waals surface area contributed by atoms with Gasteiger partial charge in [0.05, 0.1) is 6.54 Å². The van der Waals surface area contributed by atoms with E-state index in [9.17, 15) is 9.90 Å². The van der Waals surface area contributed by atoms with Gasteiger partial charge in [-0.1, -0.05) is 53.7 Å². The van der Waals surface area contributed by atoms with Crippen LogP contribution in [0.5, 0.6) is 5.75 Å². The molecule has 154 valence electrons. The first-order valence-electron chi connectivity index (χ1n) is 9.46. The number of likely N-dealkylation sites (N-methyl/N-ethyl adjacent to an activating group) is 1. The molecule has 1 heterocycles. The van der Waals surface area contributed by atoms with Crippen molar-refractivity contribution < 1.29 is 19.5 Å². The standard InChI is InChI=1S/C23H23N3O4/c1-26(21-9-5-6-14-24-21)15-16-29-20-12-10-18(11-13-20)17-30-25-22(23(27)28)19-7-3-2-4-8-19/h2-14H,15-17H2,1H3,(H,27,28)/b25-22-. The van der Waals surface area contributed by atoms with E-state index in [-0.39, 0.29) is 12.3 Å². The summed E-state index contributed by atoms with van der Waals surface area (Å²) in [5.74, 6) is 0.498. The van der Waals surface area contributed by atoms with Gasteiger partial charge in [-0.25, -0.2) is 9.78 Å². The molecule has 1 aromatic heterocycles. The molecule has 2 aromatic carbocycles.